The Balaban J connectivity index is 1.39. The number of nitrogens with zero attached hydrogens (tertiary/aromatic N) is 3. The molecule has 4 heterocycles. The lowest BCUT2D eigenvalue weighted by Gasteiger charge is -2.37. The zero-order chi connectivity index (χ0) is 17.4. The highest BCUT2D eigenvalue weighted by atomic mass is 32.2. The van der Waals surface area contributed by atoms with Crippen LogP contribution in [0.4, 0.5) is 0 Å². The highest BCUT2D eigenvalue weighted by molar-refractivity contribution is 7.91. The van der Waals surface area contributed by atoms with Crippen molar-refractivity contribution in [2.45, 2.75) is 44.4 Å². The number of sulfone groups is 1. The Kier molecular flexibility index (Phi) is 4.55. The van der Waals surface area contributed by atoms with Gasteiger partial charge in [-0.25, -0.2) is 8.42 Å². The second-order valence-corrected chi connectivity index (χ2v) is 9.33. The van der Waals surface area contributed by atoms with Crippen molar-refractivity contribution in [3.63, 3.8) is 0 Å². The van der Waals surface area contributed by atoms with E-state index in [0.29, 0.717) is 25.9 Å². The van der Waals surface area contributed by atoms with Crippen molar-refractivity contribution in [2.75, 3.05) is 31.1 Å². The molecule has 2 atom stereocenters. The smallest absolute Gasteiger partial charge is 0.223 e. The number of aromatic nitrogens is 2. The SMILES string of the molecule is O=C(CCc1cc2n(n1)CCCNC2)N1CCN[C@H]2CS(=O)(=O)C[C@H]21. The molecule has 138 valence electrons. The average molecular weight is 367 g/mol. The molecule has 0 radical (unpaired) electrons. The van der Waals surface area contributed by atoms with Crippen molar-refractivity contribution in [1.29, 1.82) is 0 Å². The Morgan fingerprint density at radius 1 is 1.28 bits per heavy atom. The van der Waals surface area contributed by atoms with E-state index in [1.165, 1.54) is 5.69 Å². The molecule has 0 aliphatic carbocycles. The summed E-state index contributed by atoms with van der Waals surface area (Å²) in [7, 11) is -3.05. The Morgan fingerprint density at radius 3 is 3.04 bits per heavy atom. The number of nitrogens with one attached hydrogen (secondary N) is 2. The zero-order valence-corrected chi connectivity index (χ0v) is 15.1. The van der Waals surface area contributed by atoms with Crippen molar-refractivity contribution in [2.24, 2.45) is 0 Å². The Hall–Kier alpha value is -1.45. The number of hydrogen-bond acceptors (Lipinski definition) is 6. The van der Waals surface area contributed by atoms with Gasteiger partial charge in [-0.1, -0.05) is 0 Å². The molecule has 0 spiro atoms. The van der Waals surface area contributed by atoms with Crippen LogP contribution in [0.2, 0.25) is 0 Å². The summed E-state index contributed by atoms with van der Waals surface area (Å²) in [5.74, 6) is 0.262. The van der Waals surface area contributed by atoms with E-state index in [0.717, 1.165) is 31.7 Å². The van der Waals surface area contributed by atoms with Gasteiger partial charge in [-0.05, 0) is 19.0 Å². The highest BCUT2D eigenvalue weighted by Gasteiger charge is 2.44. The lowest BCUT2D eigenvalue weighted by atomic mass is 10.1. The van der Waals surface area contributed by atoms with Crippen LogP contribution in [-0.4, -0.2) is 72.2 Å². The lowest BCUT2D eigenvalue weighted by Crippen LogP contribution is -2.59. The van der Waals surface area contributed by atoms with E-state index in [9.17, 15) is 13.2 Å². The topological polar surface area (TPSA) is 96.3 Å². The number of piperazine rings is 1. The first-order chi connectivity index (χ1) is 12.0. The van der Waals surface area contributed by atoms with Crippen LogP contribution in [0, 0.1) is 0 Å². The second kappa shape index (κ2) is 6.69. The summed E-state index contributed by atoms with van der Waals surface area (Å²) >= 11 is 0. The number of rotatable bonds is 3. The van der Waals surface area contributed by atoms with E-state index in [-0.39, 0.29) is 29.5 Å². The number of carbonyl (C=O) groups excluding carboxylic acids is 1. The van der Waals surface area contributed by atoms with E-state index < -0.39 is 9.84 Å². The van der Waals surface area contributed by atoms with Gasteiger partial charge in [-0.2, -0.15) is 5.10 Å². The fourth-order valence-corrected chi connectivity index (χ4v) is 6.05. The molecule has 4 rings (SSSR count). The van der Waals surface area contributed by atoms with Gasteiger partial charge < -0.3 is 15.5 Å². The van der Waals surface area contributed by atoms with Crippen LogP contribution in [0.25, 0.3) is 0 Å². The molecule has 0 aromatic carbocycles. The van der Waals surface area contributed by atoms with Crippen LogP contribution in [0.15, 0.2) is 6.07 Å². The molecule has 3 aliphatic heterocycles. The van der Waals surface area contributed by atoms with E-state index in [1.807, 2.05) is 4.68 Å². The highest BCUT2D eigenvalue weighted by Crippen LogP contribution is 2.22. The van der Waals surface area contributed by atoms with E-state index >= 15 is 0 Å². The van der Waals surface area contributed by atoms with Crippen LogP contribution in [-0.2, 0) is 34.1 Å². The third-order valence-corrected chi connectivity index (χ3v) is 7.06. The fraction of sp³-hybridized carbons (Fsp3) is 0.750. The monoisotopic (exact) mass is 367 g/mol. The minimum atomic E-state index is -3.05. The zero-order valence-electron chi connectivity index (χ0n) is 14.3. The van der Waals surface area contributed by atoms with Gasteiger partial charge in [0.2, 0.25) is 5.91 Å². The average Bonchev–Trinajstić information content (AvgIpc) is 3.03. The Bertz CT molecular complexity index is 736. The standard InChI is InChI=1S/C16H25N5O3S/c22-16(20-7-5-18-14-10-25(23,24)11-15(14)20)3-2-12-8-13-9-17-4-1-6-21(13)19-12/h8,14-15,17-18H,1-7,9-11H2/t14-,15+/m0/s1. The molecule has 1 aromatic heterocycles. The summed E-state index contributed by atoms with van der Waals surface area (Å²) in [6, 6.07) is 1.75. The molecular weight excluding hydrogens is 342 g/mol. The third kappa shape index (κ3) is 3.58. The van der Waals surface area contributed by atoms with E-state index in [4.69, 9.17) is 0 Å². The van der Waals surface area contributed by atoms with Gasteiger partial charge in [0.15, 0.2) is 9.84 Å². The van der Waals surface area contributed by atoms with Crippen molar-refractivity contribution < 1.29 is 13.2 Å². The number of carbonyl (C=O) groups is 1. The first-order valence-corrected chi connectivity index (χ1v) is 10.8. The van der Waals surface area contributed by atoms with E-state index in [2.05, 4.69) is 21.8 Å². The fourth-order valence-electron chi connectivity index (χ4n) is 4.10. The Labute approximate surface area is 147 Å². The molecule has 2 N–H and O–H groups in total. The summed E-state index contributed by atoms with van der Waals surface area (Å²) in [6.45, 7) is 3.98. The number of hydrogen-bond donors (Lipinski definition) is 2. The summed E-state index contributed by atoms with van der Waals surface area (Å²) in [5, 5.41) is 11.2. The number of fused-ring (bicyclic) bond motifs is 2. The molecule has 0 bridgehead atoms. The largest absolute Gasteiger partial charge is 0.336 e. The summed E-state index contributed by atoms with van der Waals surface area (Å²) in [5.41, 5.74) is 2.11. The predicted octanol–water partition coefficient (Wildman–Crippen LogP) is -1.09. The van der Waals surface area contributed by atoms with Gasteiger partial charge in [-0.15, -0.1) is 0 Å². The van der Waals surface area contributed by atoms with Gasteiger partial charge in [-0.3, -0.25) is 9.48 Å². The molecular formula is C16H25N5O3S. The molecule has 3 aliphatic rings. The molecule has 9 heteroatoms. The van der Waals surface area contributed by atoms with Crippen LogP contribution in [0.1, 0.15) is 24.2 Å². The lowest BCUT2D eigenvalue weighted by molar-refractivity contribution is -0.134. The van der Waals surface area contributed by atoms with Crippen molar-refractivity contribution in [3.8, 4) is 0 Å². The van der Waals surface area contributed by atoms with Crippen LogP contribution >= 0.6 is 0 Å². The van der Waals surface area contributed by atoms with E-state index in [1.54, 1.807) is 4.90 Å². The summed E-state index contributed by atoms with van der Waals surface area (Å²) in [4.78, 5) is 14.5. The maximum Gasteiger partial charge on any atom is 0.223 e. The first-order valence-electron chi connectivity index (χ1n) is 9.01. The summed E-state index contributed by atoms with van der Waals surface area (Å²) in [6.07, 6.45) is 2.05. The molecule has 2 saturated heterocycles. The van der Waals surface area contributed by atoms with Gasteiger partial charge in [0.25, 0.3) is 0 Å². The Morgan fingerprint density at radius 2 is 2.16 bits per heavy atom. The first kappa shape index (κ1) is 17.0. The molecule has 1 aromatic rings. The van der Waals surface area contributed by atoms with Gasteiger partial charge in [0, 0.05) is 45.1 Å². The van der Waals surface area contributed by atoms with Gasteiger partial charge >= 0.3 is 0 Å². The van der Waals surface area contributed by atoms with Crippen molar-refractivity contribution >= 4 is 15.7 Å². The minimum Gasteiger partial charge on any atom is -0.336 e. The second-order valence-electron chi connectivity index (χ2n) is 7.17. The molecule has 1 amide bonds. The molecule has 8 nitrogen and oxygen atoms in total. The van der Waals surface area contributed by atoms with Gasteiger partial charge in [0.1, 0.15) is 0 Å². The van der Waals surface area contributed by atoms with Crippen LogP contribution in [0.3, 0.4) is 0 Å². The third-order valence-electron chi connectivity index (χ3n) is 5.34. The predicted molar refractivity (Wildman–Crippen MR) is 92.8 cm³/mol. The van der Waals surface area contributed by atoms with Crippen molar-refractivity contribution in [1.82, 2.24) is 25.3 Å². The van der Waals surface area contributed by atoms with Crippen LogP contribution < -0.4 is 10.6 Å². The molecule has 0 unspecified atom stereocenters. The minimum absolute atomic E-state index is 0.0370. The maximum atomic E-state index is 12.7. The quantitative estimate of drug-likeness (QED) is 0.705. The molecule has 2 fully saturated rings. The van der Waals surface area contributed by atoms with Crippen LogP contribution in [0.5, 0.6) is 0 Å². The van der Waals surface area contributed by atoms with Crippen molar-refractivity contribution in [3.05, 3.63) is 17.5 Å². The van der Waals surface area contributed by atoms with Gasteiger partial charge in [0.05, 0.1) is 28.9 Å². The normalized spacial score (nSPS) is 28.2. The number of aryl methyl sites for hydroxylation is 2. The maximum absolute atomic E-state index is 12.7. The molecule has 0 saturated carbocycles. The molecule has 25 heavy (non-hydrogen) atoms. The summed E-state index contributed by atoms with van der Waals surface area (Å²) < 4.78 is 25.8. The number of amides is 1.